The fraction of sp³-hybridized carbons (Fsp3) is 0.562. The van der Waals surface area contributed by atoms with Crippen molar-refractivity contribution in [1.82, 2.24) is 10.2 Å². The molecule has 0 spiro atoms. The molecule has 0 saturated carbocycles. The summed E-state index contributed by atoms with van der Waals surface area (Å²) in [6, 6.07) is 6.08. The third-order valence-electron chi connectivity index (χ3n) is 4.66. The molecule has 0 amide bonds. The number of nitrogens with one attached hydrogen (secondary N) is 1. The molecule has 2 aliphatic rings. The Kier molecular flexibility index (Phi) is 4.46. The second-order valence-electron chi connectivity index (χ2n) is 6.01. The quantitative estimate of drug-likeness (QED) is 0.904. The molecule has 3 rings (SSSR count). The fourth-order valence-electron chi connectivity index (χ4n) is 3.36. The van der Waals surface area contributed by atoms with Crippen LogP contribution in [0, 0.1) is 11.3 Å². The third kappa shape index (κ3) is 3.43. The van der Waals surface area contributed by atoms with E-state index < -0.39 is 11.7 Å². The molecular weight excluding hydrogens is 305 g/mol. The Balaban J connectivity index is 1.70. The van der Waals surface area contributed by atoms with E-state index in [9.17, 15) is 13.2 Å². The van der Waals surface area contributed by atoms with Crippen molar-refractivity contribution in [2.45, 2.75) is 18.6 Å². The standard InChI is InChI=1S/C16H19F3N4/c17-16(18,19)15-2-1-13(9-12(15)10-20)22-5-7-23(8-6-22)14-3-4-21-11-14/h1-2,9,14,21H,3-8,11H2. The van der Waals surface area contributed by atoms with Crippen LogP contribution in [0.15, 0.2) is 18.2 Å². The monoisotopic (exact) mass is 324 g/mol. The molecule has 7 heteroatoms. The summed E-state index contributed by atoms with van der Waals surface area (Å²) in [6.07, 6.45) is -3.34. The molecule has 2 heterocycles. The molecule has 23 heavy (non-hydrogen) atoms. The van der Waals surface area contributed by atoms with Crippen LogP contribution in [0.3, 0.4) is 0 Å². The van der Waals surface area contributed by atoms with Crippen molar-refractivity contribution in [3.63, 3.8) is 0 Å². The molecule has 0 aromatic heterocycles. The molecule has 1 unspecified atom stereocenters. The maximum absolute atomic E-state index is 12.9. The molecule has 4 nitrogen and oxygen atoms in total. The second-order valence-corrected chi connectivity index (χ2v) is 6.01. The summed E-state index contributed by atoms with van der Waals surface area (Å²) >= 11 is 0. The molecule has 124 valence electrons. The van der Waals surface area contributed by atoms with Crippen LogP contribution in [0.5, 0.6) is 0 Å². The number of rotatable bonds is 2. The first-order chi connectivity index (χ1) is 11.0. The minimum absolute atomic E-state index is 0.308. The number of hydrogen-bond donors (Lipinski definition) is 1. The van der Waals surface area contributed by atoms with E-state index in [0.717, 1.165) is 51.8 Å². The molecule has 0 radical (unpaired) electrons. The molecule has 0 aliphatic carbocycles. The van der Waals surface area contributed by atoms with Gasteiger partial charge in [0.15, 0.2) is 0 Å². The van der Waals surface area contributed by atoms with Crippen LogP contribution < -0.4 is 10.2 Å². The van der Waals surface area contributed by atoms with Gasteiger partial charge in [-0.15, -0.1) is 0 Å². The second kappa shape index (κ2) is 6.38. The number of anilines is 1. The minimum atomic E-state index is -4.49. The highest BCUT2D eigenvalue weighted by Crippen LogP contribution is 2.34. The highest BCUT2D eigenvalue weighted by molar-refractivity contribution is 5.55. The van der Waals surface area contributed by atoms with Crippen molar-refractivity contribution in [3.05, 3.63) is 29.3 Å². The zero-order valence-corrected chi connectivity index (χ0v) is 12.7. The van der Waals surface area contributed by atoms with Crippen LogP contribution in [-0.4, -0.2) is 50.2 Å². The summed E-state index contributed by atoms with van der Waals surface area (Å²) in [5, 5.41) is 12.4. The van der Waals surface area contributed by atoms with Gasteiger partial charge < -0.3 is 10.2 Å². The van der Waals surface area contributed by atoms with Gasteiger partial charge in [-0.1, -0.05) is 0 Å². The Morgan fingerprint density at radius 3 is 2.48 bits per heavy atom. The van der Waals surface area contributed by atoms with Crippen LogP contribution in [-0.2, 0) is 6.18 Å². The van der Waals surface area contributed by atoms with Crippen molar-refractivity contribution in [1.29, 1.82) is 5.26 Å². The average molecular weight is 324 g/mol. The first kappa shape index (κ1) is 16.1. The van der Waals surface area contributed by atoms with Gasteiger partial charge in [0.25, 0.3) is 0 Å². The third-order valence-corrected chi connectivity index (χ3v) is 4.66. The predicted molar refractivity (Wildman–Crippen MR) is 81.2 cm³/mol. The lowest BCUT2D eigenvalue weighted by Crippen LogP contribution is -2.51. The van der Waals surface area contributed by atoms with Crippen molar-refractivity contribution >= 4 is 5.69 Å². The van der Waals surface area contributed by atoms with Crippen molar-refractivity contribution in [2.75, 3.05) is 44.2 Å². The number of halogens is 3. The fourth-order valence-corrected chi connectivity index (χ4v) is 3.36. The normalized spacial score (nSPS) is 23.0. The number of benzene rings is 1. The lowest BCUT2D eigenvalue weighted by molar-refractivity contribution is -0.137. The smallest absolute Gasteiger partial charge is 0.369 e. The van der Waals surface area contributed by atoms with E-state index in [0.29, 0.717) is 11.7 Å². The summed E-state index contributed by atoms with van der Waals surface area (Å²) < 4.78 is 38.6. The Hall–Kier alpha value is -1.78. The largest absolute Gasteiger partial charge is 0.417 e. The lowest BCUT2D eigenvalue weighted by atomic mass is 10.1. The summed E-state index contributed by atoms with van der Waals surface area (Å²) in [5.74, 6) is 0. The Labute approximate surface area is 133 Å². The molecular formula is C16H19F3N4. The lowest BCUT2D eigenvalue weighted by Gasteiger charge is -2.39. The molecule has 0 bridgehead atoms. The van der Waals surface area contributed by atoms with Gasteiger partial charge in [-0.2, -0.15) is 18.4 Å². The molecule has 2 fully saturated rings. The van der Waals surface area contributed by atoms with Gasteiger partial charge in [-0.05, 0) is 31.2 Å². The maximum Gasteiger partial charge on any atom is 0.417 e. The zero-order valence-electron chi connectivity index (χ0n) is 12.7. The zero-order chi connectivity index (χ0) is 16.4. The van der Waals surface area contributed by atoms with Crippen LogP contribution in [0.1, 0.15) is 17.5 Å². The summed E-state index contributed by atoms with van der Waals surface area (Å²) in [7, 11) is 0. The number of nitrogens with zero attached hydrogens (tertiary/aromatic N) is 3. The highest BCUT2D eigenvalue weighted by Gasteiger charge is 2.34. The van der Waals surface area contributed by atoms with Gasteiger partial charge >= 0.3 is 6.18 Å². The van der Waals surface area contributed by atoms with Gasteiger partial charge in [0.1, 0.15) is 0 Å². The van der Waals surface area contributed by atoms with Gasteiger partial charge in [-0.3, -0.25) is 4.90 Å². The number of nitriles is 1. The molecule has 1 atom stereocenters. The number of hydrogen-bond acceptors (Lipinski definition) is 4. The van der Waals surface area contributed by atoms with Crippen molar-refractivity contribution in [2.24, 2.45) is 0 Å². The van der Waals surface area contributed by atoms with Gasteiger partial charge in [0, 0.05) is 44.5 Å². The molecule has 2 saturated heterocycles. The topological polar surface area (TPSA) is 42.3 Å². The first-order valence-corrected chi connectivity index (χ1v) is 7.80. The van der Waals surface area contributed by atoms with Crippen LogP contribution in [0.4, 0.5) is 18.9 Å². The molecule has 2 aliphatic heterocycles. The summed E-state index contributed by atoms with van der Waals surface area (Å²) in [6.45, 7) is 5.40. The van der Waals surface area contributed by atoms with Gasteiger partial charge in [0.2, 0.25) is 0 Å². The van der Waals surface area contributed by atoms with E-state index in [2.05, 4.69) is 15.1 Å². The van der Waals surface area contributed by atoms with Crippen LogP contribution in [0.25, 0.3) is 0 Å². The first-order valence-electron chi connectivity index (χ1n) is 7.80. The van der Waals surface area contributed by atoms with Crippen LogP contribution >= 0.6 is 0 Å². The van der Waals surface area contributed by atoms with E-state index in [-0.39, 0.29) is 5.56 Å². The maximum atomic E-state index is 12.9. The van der Waals surface area contributed by atoms with Crippen LogP contribution in [0.2, 0.25) is 0 Å². The summed E-state index contributed by atoms with van der Waals surface area (Å²) in [5.41, 5.74) is -0.476. The Morgan fingerprint density at radius 2 is 1.91 bits per heavy atom. The number of alkyl halides is 3. The Morgan fingerprint density at radius 1 is 1.17 bits per heavy atom. The minimum Gasteiger partial charge on any atom is -0.369 e. The molecule has 1 N–H and O–H groups in total. The van der Waals surface area contributed by atoms with E-state index in [4.69, 9.17) is 5.26 Å². The van der Waals surface area contributed by atoms with Gasteiger partial charge in [-0.25, -0.2) is 0 Å². The molecule has 1 aromatic rings. The van der Waals surface area contributed by atoms with E-state index in [1.807, 2.05) is 0 Å². The Bertz CT molecular complexity index is 594. The molecule has 1 aromatic carbocycles. The van der Waals surface area contributed by atoms with E-state index in [1.54, 1.807) is 6.07 Å². The highest BCUT2D eigenvalue weighted by atomic mass is 19.4. The van der Waals surface area contributed by atoms with Gasteiger partial charge in [0.05, 0.1) is 17.2 Å². The predicted octanol–water partition coefficient (Wildman–Crippen LogP) is 2.06. The number of piperazine rings is 1. The van der Waals surface area contributed by atoms with E-state index in [1.165, 1.54) is 12.1 Å². The van der Waals surface area contributed by atoms with Crippen molar-refractivity contribution in [3.8, 4) is 6.07 Å². The van der Waals surface area contributed by atoms with E-state index >= 15 is 0 Å². The van der Waals surface area contributed by atoms with Crippen molar-refractivity contribution < 1.29 is 13.2 Å². The average Bonchev–Trinajstić information content (AvgIpc) is 3.08. The summed E-state index contributed by atoms with van der Waals surface area (Å²) in [4.78, 5) is 4.49. The SMILES string of the molecule is N#Cc1cc(N2CCN(C3CCNC3)CC2)ccc1C(F)(F)F.